The van der Waals surface area contributed by atoms with E-state index >= 15 is 0 Å². The fourth-order valence-electron chi connectivity index (χ4n) is 2.68. The van der Waals surface area contributed by atoms with Crippen molar-refractivity contribution in [3.8, 4) is 0 Å². The zero-order chi connectivity index (χ0) is 14.9. The molecule has 110 valence electrons. The quantitative estimate of drug-likeness (QED) is 0.636. The fourth-order valence-corrected chi connectivity index (χ4v) is 2.68. The number of hydrogen-bond acceptors (Lipinski definition) is 5. The van der Waals surface area contributed by atoms with Crippen LogP contribution in [-0.2, 0) is 4.74 Å². The molecule has 1 unspecified atom stereocenters. The van der Waals surface area contributed by atoms with Gasteiger partial charge < -0.3 is 20.5 Å². The molecule has 1 aromatic rings. The van der Waals surface area contributed by atoms with Crippen molar-refractivity contribution < 1.29 is 14.6 Å². The zero-order valence-corrected chi connectivity index (χ0v) is 12.3. The summed E-state index contributed by atoms with van der Waals surface area (Å²) in [4.78, 5) is 13.9. The van der Waals surface area contributed by atoms with Crippen LogP contribution in [0.4, 0.5) is 11.4 Å². The molecule has 3 N–H and O–H groups in total. The van der Waals surface area contributed by atoms with Crippen molar-refractivity contribution in [2.45, 2.75) is 32.3 Å². The van der Waals surface area contributed by atoms with Crippen LogP contribution in [0.25, 0.3) is 0 Å². The molecule has 1 atom stereocenters. The number of carbonyl (C=O) groups is 1. The number of β-amino-alcohol motifs (C(OH)–C–C–N with tert-alkyl or cyclic N) is 1. The summed E-state index contributed by atoms with van der Waals surface area (Å²) in [5.74, 6) is -0.434. The first-order valence-electron chi connectivity index (χ1n) is 6.80. The fraction of sp³-hybridized carbons (Fsp3) is 0.533. The van der Waals surface area contributed by atoms with E-state index in [4.69, 9.17) is 10.5 Å². The van der Waals surface area contributed by atoms with Crippen LogP contribution in [0.3, 0.4) is 0 Å². The summed E-state index contributed by atoms with van der Waals surface area (Å²) < 4.78 is 4.77. The lowest BCUT2D eigenvalue weighted by Gasteiger charge is -2.38. The van der Waals surface area contributed by atoms with Crippen molar-refractivity contribution in [3.63, 3.8) is 0 Å². The van der Waals surface area contributed by atoms with Crippen LogP contribution in [0.5, 0.6) is 0 Å². The van der Waals surface area contributed by atoms with E-state index in [0.717, 1.165) is 30.6 Å². The summed E-state index contributed by atoms with van der Waals surface area (Å²) >= 11 is 0. The van der Waals surface area contributed by atoms with Crippen LogP contribution >= 0.6 is 0 Å². The topological polar surface area (TPSA) is 75.8 Å². The number of piperidine rings is 1. The molecule has 20 heavy (non-hydrogen) atoms. The van der Waals surface area contributed by atoms with Gasteiger partial charge in [-0.3, -0.25) is 0 Å². The van der Waals surface area contributed by atoms with Crippen molar-refractivity contribution in [1.82, 2.24) is 0 Å². The number of carbonyl (C=O) groups excluding carboxylic acids is 1. The second-order valence-corrected chi connectivity index (χ2v) is 5.74. The molecule has 0 spiro atoms. The molecule has 1 aliphatic rings. The Morgan fingerprint density at radius 3 is 2.80 bits per heavy atom. The Labute approximate surface area is 119 Å². The van der Waals surface area contributed by atoms with Crippen LogP contribution in [-0.4, -0.2) is 36.9 Å². The van der Waals surface area contributed by atoms with E-state index in [0.29, 0.717) is 17.8 Å². The molecular weight excluding hydrogens is 256 g/mol. The second-order valence-electron chi connectivity index (χ2n) is 5.74. The highest BCUT2D eigenvalue weighted by Crippen LogP contribution is 2.30. The normalized spacial score (nSPS) is 22.7. The Morgan fingerprint density at radius 2 is 2.20 bits per heavy atom. The minimum Gasteiger partial charge on any atom is -0.465 e. The smallest absolute Gasteiger partial charge is 0.340 e. The number of hydrogen-bond donors (Lipinski definition) is 2. The van der Waals surface area contributed by atoms with Gasteiger partial charge in [-0.1, -0.05) is 0 Å². The molecule has 0 radical (unpaired) electrons. The molecule has 0 amide bonds. The number of ether oxygens (including phenoxy) is 1. The first kappa shape index (κ1) is 14.7. The lowest BCUT2D eigenvalue weighted by atomic mass is 9.94. The molecule has 5 heteroatoms. The van der Waals surface area contributed by atoms with Crippen LogP contribution in [0, 0.1) is 6.92 Å². The van der Waals surface area contributed by atoms with Gasteiger partial charge in [0.2, 0.25) is 0 Å². The summed E-state index contributed by atoms with van der Waals surface area (Å²) in [6.45, 7) is 5.12. The SMILES string of the molecule is COC(=O)c1cc(N2CCCC(C)(O)C2)cc(C)c1N. The zero-order valence-electron chi connectivity index (χ0n) is 12.3. The molecule has 1 saturated heterocycles. The summed E-state index contributed by atoms with van der Waals surface area (Å²) in [7, 11) is 1.34. The van der Waals surface area contributed by atoms with Crippen molar-refractivity contribution in [2.75, 3.05) is 30.8 Å². The maximum absolute atomic E-state index is 11.8. The van der Waals surface area contributed by atoms with Gasteiger partial charge in [-0.2, -0.15) is 0 Å². The number of nitrogens with two attached hydrogens (primary N) is 1. The maximum atomic E-state index is 11.8. The number of aliphatic hydroxyl groups is 1. The molecule has 0 aliphatic carbocycles. The molecule has 0 aromatic heterocycles. The van der Waals surface area contributed by atoms with Gasteiger partial charge in [0.25, 0.3) is 0 Å². The number of anilines is 2. The van der Waals surface area contributed by atoms with Gasteiger partial charge in [0.05, 0.1) is 18.3 Å². The molecule has 1 aromatic carbocycles. The number of nitrogens with zero attached hydrogens (tertiary/aromatic N) is 1. The first-order chi connectivity index (χ1) is 9.34. The van der Waals surface area contributed by atoms with E-state index in [1.165, 1.54) is 7.11 Å². The lowest BCUT2D eigenvalue weighted by Crippen LogP contribution is -2.46. The Morgan fingerprint density at radius 1 is 1.50 bits per heavy atom. The van der Waals surface area contributed by atoms with Gasteiger partial charge in [0, 0.05) is 24.5 Å². The van der Waals surface area contributed by atoms with E-state index in [9.17, 15) is 9.90 Å². The number of benzene rings is 1. The van der Waals surface area contributed by atoms with E-state index in [-0.39, 0.29) is 0 Å². The third kappa shape index (κ3) is 2.88. The van der Waals surface area contributed by atoms with Crippen molar-refractivity contribution in [1.29, 1.82) is 0 Å². The van der Waals surface area contributed by atoms with Gasteiger partial charge in [-0.05, 0) is 44.4 Å². The monoisotopic (exact) mass is 278 g/mol. The molecule has 1 aliphatic heterocycles. The average Bonchev–Trinajstić information content (AvgIpc) is 2.39. The second kappa shape index (κ2) is 5.32. The van der Waals surface area contributed by atoms with E-state index in [1.54, 1.807) is 6.07 Å². The van der Waals surface area contributed by atoms with Gasteiger partial charge in [-0.15, -0.1) is 0 Å². The molecule has 0 saturated carbocycles. The molecule has 1 heterocycles. The van der Waals surface area contributed by atoms with Gasteiger partial charge in [0.1, 0.15) is 0 Å². The van der Waals surface area contributed by atoms with Gasteiger partial charge in [-0.25, -0.2) is 4.79 Å². The number of esters is 1. The van der Waals surface area contributed by atoms with E-state index in [2.05, 4.69) is 4.90 Å². The van der Waals surface area contributed by atoms with E-state index in [1.807, 2.05) is 19.9 Å². The maximum Gasteiger partial charge on any atom is 0.340 e. The molecule has 2 rings (SSSR count). The highest BCUT2D eigenvalue weighted by atomic mass is 16.5. The van der Waals surface area contributed by atoms with Crippen molar-refractivity contribution in [3.05, 3.63) is 23.3 Å². The van der Waals surface area contributed by atoms with Gasteiger partial charge in [0.15, 0.2) is 0 Å². The Hall–Kier alpha value is -1.75. The third-order valence-electron chi connectivity index (χ3n) is 3.82. The molecule has 5 nitrogen and oxygen atoms in total. The average molecular weight is 278 g/mol. The van der Waals surface area contributed by atoms with Crippen LogP contribution in [0.1, 0.15) is 35.7 Å². The highest BCUT2D eigenvalue weighted by molar-refractivity contribution is 5.97. The standard InChI is InChI=1S/C15H22N2O3/c1-10-7-11(8-12(13(10)16)14(18)20-3)17-6-4-5-15(2,19)9-17/h7-8,19H,4-6,9,16H2,1-3H3. The number of nitrogen functional groups attached to an aromatic ring is 1. The third-order valence-corrected chi connectivity index (χ3v) is 3.82. The summed E-state index contributed by atoms with van der Waals surface area (Å²) in [6, 6.07) is 3.69. The van der Waals surface area contributed by atoms with Crippen molar-refractivity contribution >= 4 is 17.3 Å². The number of rotatable bonds is 2. The minimum absolute atomic E-state index is 0.382. The molecule has 1 fully saturated rings. The molecule has 0 bridgehead atoms. The van der Waals surface area contributed by atoms with Crippen LogP contribution in [0.15, 0.2) is 12.1 Å². The lowest BCUT2D eigenvalue weighted by molar-refractivity contribution is 0.0449. The summed E-state index contributed by atoms with van der Waals surface area (Å²) in [6.07, 6.45) is 1.71. The van der Waals surface area contributed by atoms with Crippen molar-refractivity contribution in [2.24, 2.45) is 0 Å². The Bertz CT molecular complexity index is 526. The first-order valence-corrected chi connectivity index (χ1v) is 6.80. The predicted molar refractivity (Wildman–Crippen MR) is 79.0 cm³/mol. The Kier molecular flexibility index (Phi) is 3.90. The molecular formula is C15H22N2O3. The van der Waals surface area contributed by atoms with Crippen LogP contribution in [0.2, 0.25) is 0 Å². The number of aryl methyl sites for hydroxylation is 1. The highest BCUT2D eigenvalue weighted by Gasteiger charge is 2.29. The summed E-state index contributed by atoms with van der Waals surface area (Å²) in [5, 5.41) is 10.2. The van der Waals surface area contributed by atoms with E-state index < -0.39 is 11.6 Å². The van der Waals surface area contributed by atoms with Gasteiger partial charge >= 0.3 is 5.97 Å². The minimum atomic E-state index is -0.695. The number of methoxy groups -OCH3 is 1. The Balaban J connectivity index is 2.37. The van der Waals surface area contributed by atoms with Crippen LogP contribution < -0.4 is 10.6 Å². The summed E-state index contributed by atoms with van der Waals surface area (Å²) in [5.41, 5.74) is 7.82. The largest absolute Gasteiger partial charge is 0.465 e. The predicted octanol–water partition coefficient (Wildman–Crippen LogP) is 1.72.